The highest BCUT2D eigenvalue weighted by molar-refractivity contribution is 9.10. The van der Waals surface area contributed by atoms with Crippen LogP contribution >= 0.6 is 15.9 Å². The van der Waals surface area contributed by atoms with Crippen molar-refractivity contribution in [2.24, 2.45) is 0 Å². The molecule has 19 heavy (non-hydrogen) atoms. The van der Waals surface area contributed by atoms with E-state index in [9.17, 15) is 4.79 Å². The zero-order valence-electron chi connectivity index (χ0n) is 10.2. The van der Waals surface area contributed by atoms with Crippen LogP contribution in [0.2, 0.25) is 0 Å². The number of hydrogen-bond acceptors (Lipinski definition) is 3. The van der Waals surface area contributed by atoms with E-state index in [0.29, 0.717) is 19.6 Å². The number of halogens is 1. The predicted octanol–water partition coefficient (Wildman–Crippen LogP) is 2.26. The molecule has 0 atom stereocenters. The number of benzene rings is 1. The molecule has 1 amide bonds. The quantitative estimate of drug-likeness (QED) is 0.856. The van der Waals surface area contributed by atoms with Crippen molar-refractivity contribution >= 4 is 21.8 Å². The Morgan fingerprint density at radius 1 is 1.47 bits per heavy atom. The van der Waals surface area contributed by atoms with Crippen molar-refractivity contribution in [1.82, 2.24) is 15.3 Å². The smallest absolute Gasteiger partial charge is 0.223 e. The van der Waals surface area contributed by atoms with Gasteiger partial charge in [0.05, 0.1) is 19.6 Å². The molecule has 0 unspecified atom stereocenters. The van der Waals surface area contributed by atoms with Gasteiger partial charge >= 0.3 is 0 Å². The van der Waals surface area contributed by atoms with Crippen LogP contribution in [0.4, 0.5) is 0 Å². The van der Waals surface area contributed by atoms with E-state index in [1.165, 1.54) is 0 Å². The molecule has 0 spiro atoms. The van der Waals surface area contributed by atoms with Crippen molar-refractivity contribution in [2.45, 2.75) is 13.0 Å². The number of nitrogens with one attached hydrogen (secondary N) is 2. The van der Waals surface area contributed by atoms with Gasteiger partial charge < -0.3 is 15.0 Å². The van der Waals surface area contributed by atoms with Crippen molar-refractivity contribution in [3.05, 3.63) is 47.0 Å². The third-order valence-corrected chi connectivity index (χ3v) is 2.90. The molecule has 0 saturated heterocycles. The van der Waals surface area contributed by atoms with Gasteiger partial charge in [-0.3, -0.25) is 4.79 Å². The Bertz CT molecular complexity index is 528. The largest absolute Gasteiger partial charge is 0.493 e. The lowest BCUT2D eigenvalue weighted by atomic mass is 10.3. The molecule has 0 bridgehead atoms. The van der Waals surface area contributed by atoms with E-state index in [4.69, 9.17) is 4.74 Å². The van der Waals surface area contributed by atoms with Crippen LogP contribution in [0.5, 0.6) is 5.75 Å². The summed E-state index contributed by atoms with van der Waals surface area (Å²) >= 11 is 3.36. The van der Waals surface area contributed by atoms with E-state index in [0.717, 1.165) is 16.0 Å². The van der Waals surface area contributed by atoms with Gasteiger partial charge in [-0.05, 0) is 18.2 Å². The van der Waals surface area contributed by atoms with Crippen LogP contribution in [-0.4, -0.2) is 22.5 Å². The highest BCUT2D eigenvalue weighted by Crippen LogP contribution is 2.17. The maximum Gasteiger partial charge on any atom is 0.223 e. The summed E-state index contributed by atoms with van der Waals surface area (Å²) in [7, 11) is 0. The first kappa shape index (κ1) is 13.6. The number of carbonyl (C=O) groups excluding carboxylic acids is 1. The zero-order valence-corrected chi connectivity index (χ0v) is 11.8. The second-order valence-corrected chi connectivity index (χ2v) is 4.78. The fraction of sp³-hybridized carbons (Fsp3) is 0.231. The van der Waals surface area contributed by atoms with E-state index < -0.39 is 0 Å². The molecule has 6 heteroatoms. The number of aromatic amines is 1. The predicted molar refractivity (Wildman–Crippen MR) is 74.7 cm³/mol. The van der Waals surface area contributed by atoms with E-state index >= 15 is 0 Å². The molecule has 0 aliphatic carbocycles. The minimum absolute atomic E-state index is 0.0635. The molecule has 1 aromatic heterocycles. The normalized spacial score (nSPS) is 10.2. The van der Waals surface area contributed by atoms with Gasteiger partial charge in [0.1, 0.15) is 11.6 Å². The SMILES string of the molecule is O=C(CCOc1cccc(Br)c1)NCc1ncc[nH]1. The highest BCUT2D eigenvalue weighted by Gasteiger charge is 2.03. The molecule has 2 aromatic rings. The number of H-pyrrole nitrogens is 1. The summed E-state index contributed by atoms with van der Waals surface area (Å²) in [5, 5.41) is 2.76. The Morgan fingerprint density at radius 3 is 3.11 bits per heavy atom. The first-order valence-corrected chi connectivity index (χ1v) is 6.66. The van der Waals surface area contributed by atoms with Gasteiger partial charge in [-0.25, -0.2) is 4.98 Å². The summed E-state index contributed by atoms with van der Waals surface area (Å²) in [6, 6.07) is 7.52. The second kappa shape index (κ2) is 6.94. The third kappa shape index (κ3) is 4.75. The summed E-state index contributed by atoms with van der Waals surface area (Å²) in [5.74, 6) is 1.42. The van der Waals surface area contributed by atoms with Crippen molar-refractivity contribution in [3.8, 4) is 5.75 Å². The number of imidazole rings is 1. The van der Waals surface area contributed by atoms with Gasteiger partial charge in [-0.15, -0.1) is 0 Å². The number of rotatable bonds is 6. The van der Waals surface area contributed by atoms with Gasteiger partial charge in [-0.1, -0.05) is 22.0 Å². The standard InChI is InChI=1S/C13H14BrN3O2/c14-10-2-1-3-11(8-10)19-7-4-13(18)17-9-12-15-5-6-16-12/h1-3,5-6,8H,4,7,9H2,(H,15,16)(H,17,18). The highest BCUT2D eigenvalue weighted by atomic mass is 79.9. The van der Waals surface area contributed by atoms with Crippen LogP contribution in [0.15, 0.2) is 41.1 Å². The van der Waals surface area contributed by atoms with Crippen molar-refractivity contribution < 1.29 is 9.53 Å². The summed E-state index contributed by atoms with van der Waals surface area (Å²) in [6.45, 7) is 0.753. The lowest BCUT2D eigenvalue weighted by molar-refractivity contribution is -0.121. The average Bonchev–Trinajstić information content (AvgIpc) is 2.89. The first-order valence-electron chi connectivity index (χ1n) is 5.87. The van der Waals surface area contributed by atoms with Crippen LogP contribution in [0.25, 0.3) is 0 Å². The number of ether oxygens (including phenoxy) is 1. The molecule has 0 saturated carbocycles. The molecule has 2 rings (SSSR count). The summed E-state index contributed by atoms with van der Waals surface area (Å²) in [4.78, 5) is 18.5. The van der Waals surface area contributed by atoms with Crippen LogP contribution in [0, 0.1) is 0 Å². The topological polar surface area (TPSA) is 67.0 Å². The summed E-state index contributed by atoms with van der Waals surface area (Å²) in [6.07, 6.45) is 3.68. The first-order chi connectivity index (χ1) is 9.24. The Labute approximate surface area is 119 Å². The molecule has 0 aliphatic rings. The molecule has 0 radical (unpaired) electrons. The van der Waals surface area contributed by atoms with Crippen molar-refractivity contribution in [1.29, 1.82) is 0 Å². The monoisotopic (exact) mass is 323 g/mol. The summed E-state index contributed by atoms with van der Waals surface area (Å²) in [5.41, 5.74) is 0. The van der Waals surface area contributed by atoms with Crippen LogP contribution < -0.4 is 10.1 Å². The Hall–Kier alpha value is -1.82. The third-order valence-electron chi connectivity index (χ3n) is 2.40. The van der Waals surface area contributed by atoms with Gasteiger partial charge in [0.25, 0.3) is 0 Å². The molecular formula is C13H14BrN3O2. The fourth-order valence-electron chi connectivity index (χ4n) is 1.48. The van der Waals surface area contributed by atoms with Gasteiger partial charge in [0.15, 0.2) is 0 Å². The van der Waals surface area contributed by atoms with Crippen molar-refractivity contribution in [2.75, 3.05) is 6.61 Å². The Balaban J connectivity index is 1.66. The Morgan fingerprint density at radius 2 is 2.37 bits per heavy atom. The number of aromatic nitrogens is 2. The lowest BCUT2D eigenvalue weighted by Crippen LogP contribution is -2.24. The van der Waals surface area contributed by atoms with E-state index in [-0.39, 0.29) is 5.91 Å². The molecule has 0 aliphatic heterocycles. The van der Waals surface area contributed by atoms with Crippen molar-refractivity contribution in [3.63, 3.8) is 0 Å². The molecule has 2 N–H and O–H groups in total. The number of hydrogen-bond donors (Lipinski definition) is 2. The number of nitrogens with zero attached hydrogens (tertiary/aromatic N) is 1. The van der Waals surface area contributed by atoms with E-state index in [1.54, 1.807) is 12.4 Å². The van der Waals surface area contributed by atoms with E-state index in [1.807, 2.05) is 24.3 Å². The molecule has 100 valence electrons. The van der Waals surface area contributed by atoms with Gasteiger partial charge in [-0.2, -0.15) is 0 Å². The molecular weight excluding hydrogens is 310 g/mol. The molecule has 5 nitrogen and oxygen atoms in total. The molecule has 1 heterocycles. The Kier molecular flexibility index (Phi) is 4.97. The fourth-order valence-corrected chi connectivity index (χ4v) is 1.86. The van der Waals surface area contributed by atoms with Gasteiger partial charge in [0.2, 0.25) is 5.91 Å². The van der Waals surface area contributed by atoms with Crippen LogP contribution in [0.3, 0.4) is 0 Å². The average molecular weight is 324 g/mol. The molecule has 0 fully saturated rings. The zero-order chi connectivity index (χ0) is 13.5. The maximum atomic E-state index is 11.6. The number of carbonyl (C=O) groups is 1. The van der Waals surface area contributed by atoms with Crippen LogP contribution in [0.1, 0.15) is 12.2 Å². The lowest BCUT2D eigenvalue weighted by Gasteiger charge is -2.06. The van der Waals surface area contributed by atoms with E-state index in [2.05, 4.69) is 31.2 Å². The maximum absolute atomic E-state index is 11.6. The minimum atomic E-state index is -0.0635. The summed E-state index contributed by atoms with van der Waals surface area (Å²) < 4.78 is 6.43. The van der Waals surface area contributed by atoms with Gasteiger partial charge in [0, 0.05) is 16.9 Å². The second-order valence-electron chi connectivity index (χ2n) is 3.87. The number of amides is 1. The minimum Gasteiger partial charge on any atom is -0.493 e. The van der Waals surface area contributed by atoms with Crippen LogP contribution in [-0.2, 0) is 11.3 Å². The molecule has 1 aromatic carbocycles.